The second-order valence-electron chi connectivity index (χ2n) is 4.48. The van der Waals surface area contributed by atoms with Crippen LogP contribution in [0.2, 0.25) is 0 Å². The zero-order chi connectivity index (χ0) is 13.9. The summed E-state index contributed by atoms with van der Waals surface area (Å²) in [6, 6.07) is 1.51. The maximum atomic E-state index is 11.8. The van der Waals surface area contributed by atoms with E-state index in [1.807, 2.05) is 13.8 Å². The maximum Gasteiger partial charge on any atom is 0.355 e. The van der Waals surface area contributed by atoms with Crippen LogP contribution < -0.4 is 11.1 Å². The number of amides is 1. The Balaban J connectivity index is 2.65. The minimum absolute atomic E-state index is 0.00401. The second-order valence-corrected chi connectivity index (χ2v) is 4.48. The van der Waals surface area contributed by atoms with Crippen LogP contribution in [-0.4, -0.2) is 28.6 Å². The van der Waals surface area contributed by atoms with Gasteiger partial charge in [0.2, 0.25) is 0 Å². The molecule has 1 unspecified atom stereocenters. The van der Waals surface area contributed by atoms with Crippen LogP contribution in [0.1, 0.15) is 31.3 Å². The number of esters is 1. The maximum absolute atomic E-state index is 11.8. The van der Waals surface area contributed by atoms with Crippen molar-refractivity contribution in [3.63, 3.8) is 0 Å². The fourth-order valence-corrected chi connectivity index (χ4v) is 1.47. The Morgan fingerprint density at radius 3 is 2.44 bits per heavy atom. The molecule has 1 rings (SSSR count). The number of rotatable bonds is 4. The Kier molecular flexibility index (Phi) is 4.36. The van der Waals surface area contributed by atoms with Gasteiger partial charge in [0.25, 0.3) is 5.91 Å². The number of nitrogens with zero attached hydrogens (tertiary/aromatic N) is 1. The summed E-state index contributed by atoms with van der Waals surface area (Å²) in [7, 11) is 1.69. The third-order valence-electron chi connectivity index (χ3n) is 2.32. The summed E-state index contributed by atoms with van der Waals surface area (Å²) in [6.45, 7) is 5.20. The lowest BCUT2D eigenvalue weighted by Crippen LogP contribution is -2.39. The molecule has 1 aromatic heterocycles. The summed E-state index contributed by atoms with van der Waals surface area (Å²) < 4.78 is 6.63. The molecule has 3 N–H and O–H groups in total. The van der Waals surface area contributed by atoms with E-state index in [4.69, 9.17) is 10.5 Å². The lowest BCUT2D eigenvalue weighted by atomic mass is 10.3. The topological polar surface area (TPSA) is 86.3 Å². The van der Waals surface area contributed by atoms with E-state index in [9.17, 15) is 9.59 Å². The molecule has 0 aromatic carbocycles. The van der Waals surface area contributed by atoms with E-state index in [2.05, 4.69) is 5.32 Å². The fraction of sp³-hybridized carbons (Fsp3) is 0.500. The van der Waals surface area contributed by atoms with Crippen LogP contribution in [-0.2, 0) is 16.6 Å². The molecule has 1 atom stereocenters. The second kappa shape index (κ2) is 5.57. The molecule has 0 bridgehead atoms. The number of anilines is 1. The van der Waals surface area contributed by atoms with Crippen molar-refractivity contribution in [2.45, 2.75) is 32.9 Å². The highest BCUT2D eigenvalue weighted by molar-refractivity contribution is 5.91. The summed E-state index contributed by atoms with van der Waals surface area (Å²) in [6.07, 6.45) is 0.770. The van der Waals surface area contributed by atoms with Gasteiger partial charge in [-0.2, -0.15) is 0 Å². The van der Waals surface area contributed by atoms with Crippen molar-refractivity contribution in [1.29, 1.82) is 0 Å². The van der Waals surface area contributed by atoms with Gasteiger partial charge >= 0.3 is 5.97 Å². The number of nitrogens with one attached hydrogen (secondary N) is 1. The minimum atomic E-state index is -0.837. The van der Waals surface area contributed by atoms with Crippen molar-refractivity contribution >= 4 is 17.6 Å². The van der Waals surface area contributed by atoms with Crippen molar-refractivity contribution in [3.05, 3.63) is 18.0 Å². The number of carbonyl (C=O) groups is 2. The van der Waals surface area contributed by atoms with Crippen LogP contribution >= 0.6 is 0 Å². The quantitative estimate of drug-likeness (QED) is 0.772. The molecule has 0 aliphatic carbocycles. The van der Waals surface area contributed by atoms with Gasteiger partial charge < -0.3 is 20.4 Å². The molecule has 0 saturated heterocycles. The monoisotopic (exact) mass is 253 g/mol. The first-order valence-corrected chi connectivity index (χ1v) is 5.74. The normalized spacial score (nSPS) is 12.3. The molecule has 0 fully saturated rings. The smallest absolute Gasteiger partial charge is 0.355 e. The molecule has 1 amide bonds. The molecule has 1 heterocycles. The number of ether oxygens (including phenoxy) is 1. The Bertz CT molecular complexity index is 451. The lowest BCUT2D eigenvalue weighted by Gasteiger charge is -2.15. The molecular formula is C12H19N3O3. The van der Waals surface area contributed by atoms with Gasteiger partial charge in [0.15, 0.2) is 6.10 Å². The first-order valence-electron chi connectivity index (χ1n) is 5.74. The van der Waals surface area contributed by atoms with E-state index in [-0.39, 0.29) is 11.9 Å². The third kappa shape index (κ3) is 3.51. The van der Waals surface area contributed by atoms with Crippen molar-refractivity contribution in [2.75, 3.05) is 5.73 Å². The standard InChI is InChI=1S/C12H19N3O3/c1-7(2)14-11(16)8(3)18-12(17)10-5-9(13)6-15(10)4/h5-8H,13H2,1-4H3,(H,14,16). The van der Waals surface area contributed by atoms with Gasteiger partial charge in [0, 0.05) is 19.3 Å². The molecular weight excluding hydrogens is 234 g/mol. The average molecular weight is 253 g/mol. The predicted octanol–water partition coefficient (Wildman–Crippen LogP) is 0.677. The molecule has 18 heavy (non-hydrogen) atoms. The Morgan fingerprint density at radius 1 is 1.39 bits per heavy atom. The minimum Gasteiger partial charge on any atom is -0.448 e. The zero-order valence-corrected chi connectivity index (χ0v) is 11.1. The number of aryl methyl sites for hydroxylation is 1. The molecule has 1 aromatic rings. The highest BCUT2D eigenvalue weighted by Gasteiger charge is 2.21. The predicted molar refractivity (Wildman–Crippen MR) is 68.0 cm³/mol. The van der Waals surface area contributed by atoms with Crippen LogP contribution in [0.3, 0.4) is 0 Å². The van der Waals surface area contributed by atoms with Gasteiger partial charge in [-0.05, 0) is 26.8 Å². The number of aromatic nitrogens is 1. The highest BCUT2D eigenvalue weighted by Crippen LogP contribution is 2.11. The SMILES string of the molecule is CC(C)NC(=O)C(C)OC(=O)c1cc(N)cn1C. The van der Waals surface area contributed by atoms with Crippen LogP contribution in [0.4, 0.5) is 5.69 Å². The third-order valence-corrected chi connectivity index (χ3v) is 2.32. The number of carbonyl (C=O) groups excluding carboxylic acids is 2. The van der Waals surface area contributed by atoms with E-state index in [1.54, 1.807) is 17.8 Å². The van der Waals surface area contributed by atoms with Crippen LogP contribution in [0, 0.1) is 0 Å². The van der Waals surface area contributed by atoms with Crippen molar-refractivity contribution in [2.24, 2.45) is 7.05 Å². The Labute approximate surface area is 106 Å². The van der Waals surface area contributed by atoms with Gasteiger partial charge in [-0.3, -0.25) is 4.79 Å². The molecule has 6 heteroatoms. The molecule has 100 valence electrons. The number of hydrogen-bond acceptors (Lipinski definition) is 4. The van der Waals surface area contributed by atoms with Gasteiger partial charge in [-0.1, -0.05) is 0 Å². The first-order chi connectivity index (χ1) is 8.31. The van der Waals surface area contributed by atoms with Gasteiger partial charge in [0.05, 0.1) is 5.69 Å². The van der Waals surface area contributed by atoms with E-state index < -0.39 is 12.1 Å². The molecule has 0 aliphatic heterocycles. The molecule has 0 radical (unpaired) electrons. The summed E-state index contributed by atoms with van der Waals surface area (Å²) in [4.78, 5) is 23.4. The average Bonchev–Trinajstić information content (AvgIpc) is 2.56. The van der Waals surface area contributed by atoms with E-state index in [0.29, 0.717) is 11.4 Å². The molecule has 0 saturated carbocycles. The summed E-state index contributed by atoms with van der Waals surface area (Å²) in [5.74, 6) is -0.888. The van der Waals surface area contributed by atoms with Crippen LogP contribution in [0.15, 0.2) is 12.3 Å². The molecule has 0 spiro atoms. The molecule has 0 aliphatic rings. The summed E-state index contributed by atoms with van der Waals surface area (Å²) in [5.41, 5.74) is 6.36. The first kappa shape index (κ1) is 14.1. The van der Waals surface area contributed by atoms with Gasteiger partial charge in [0.1, 0.15) is 5.69 Å². The van der Waals surface area contributed by atoms with Crippen molar-refractivity contribution in [3.8, 4) is 0 Å². The van der Waals surface area contributed by atoms with Crippen LogP contribution in [0.5, 0.6) is 0 Å². The lowest BCUT2D eigenvalue weighted by molar-refractivity contribution is -0.129. The van der Waals surface area contributed by atoms with Crippen LogP contribution in [0.25, 0.3) is 0 Å². The van der Waals surface area contributed by atoms with Gasteiger partial charge in [-0.25, -0.2) is 4.79 Å². The fourth-order valence-electron chi connectivity index (χ4n) is 1.47. The number of hydrogen-bond donors (Lipinski definition) is 2. The summed E-state index contributed by atoms with van der Waals surface area (Å²) in [5, 5.41) is 2.67. The number of nitrogens with two attached hydrogens (primary N) is 1. The van der Waals surface area contributed by atoms with Gasteiger partial charge in [-0.15, -0.1) is 0 Å². The van der Waals surface area contributed by atoms with E-state index >= 15 is 0 Å². The van der Waals surface area contributed by atoms with Crippen molar-refractivity contribution in [1.82, 2.24) is 9.88 Å². The Hall–Kier alpha value is -1.98. The van der Waals surface area contributed by atoms with E-state index in [1.165, 1.54) is 13.0 Å². The summed E-state index contributed by atoms with van der Waals surface area (Å²) >= 11 is 0. The van der Waals surface area contributed by atoms with Crippen molar-refractivity contribution < 1.29 is 14.3 Å². The zero-order valence-electron chi connectivity index (χ0n) is 11.1. The largest absolute Gasteiger partial charge is 0.448 e. The number of nitrogen functional groups attached to an aromatic ring is 1. The highest BCUT2D eigenvalue weighted by atomic mass is 16.5. The Morgan fingerprint density at radius 2 is 2.00 bits per heavy atom. The molecule has 6 nitrogen and oxygen atoms in total. The van der Waals surface area contributed by atoms with E-state index in [0.717, 1.165) is 0 Å².